The summed E-state index contributed by atoms with van der Waals surface area (Å²) in [6, 6.07) is -0.212. The third-order valence-corrected chi connectivity index (χ3v) is 3.17. The zero-order chi connectivity index (χ0) is 11.9. The van der Waals surface area contributed by atoms with Crippen molar-refractivity contribution in [2.75, 3.05) is 0 Å². The molecule has 0 amide bonds. The Kier molecular flexibility index (Phi) is 2.80. The molecule has 88 valence electrons. The van der Waals surface area contributed by atoms with E-state index in [0.29, 0.717) is 6.07 Å². The molecule has 1 fully saturated rings. The molecule has 2 rings (SSSR count). The smallest absolute Gasteiger partial charge is 0.195 e. The highest BCUT2D eigenvalue weighted by Gasteiger charge is 2.31. The van der Waals surface area contributed by atoms with Crippen LogP contribution in [0.15, 0.2) is 6.07 Å². The number of nitrogens with two attached hydrogens (primary N) is 1. The van der Waals surface area contributed by atoms with Crippen LogP contribution < -0.4 is 5.73 Å². The average Bonchev–Trinajstić information content (AvgIpc) is 2.11. The minimum absolute atomic E-state index is 0.0326. The first-order valence-corrected chi connectivity index (χ1v) is 5.14. The van der Waals surface area contributed by atoms with Gasteiger partial charge in [0.25, 0.3) is 0 Å². The van der Waals surface area contributed by atoms with Gasteiger partial charge in [0.2, 0.25) is 0 Å². The third kappa shape index (κ3) is 1.65. The highest BCUT2D eigenvalue weighted by molar-refractivity contribution is 5.37. The lowest BCUT2D eigenvalue weighted by atomic mass is 9.77. The molecule has 1 aliphatic rings. The molecular formula is C11H12F3NO. The molecule has 5 heteroatoms. The molecule has 1 aromatic rings. The topological polar surface area (TPSA) is 46.2 Å². The van der Waals surface area contributed by atoms with Gasteiger partial charge in [0.1, 0.15) is 5.75 Å². The molecule has 1 atom stereocenters. The van der Waals surface area contributed by atoms with E-state index in [0.717, 1.165) is 19.3 Å². The minimum Gasteiger partial charge on any atom is -0.507 e. The van der Waals surface area contributed by atoms with Crippen molar-refractivity contribution in [2.24, 2.45) is 11.7 Å². The number of hydrogen-bond donors (Lipinski definition) is 2. The van der Waals surface area contributed by atoms with Crippen molar-refractivity contribution in [1.29, 1.82) is 0 Å². The maximum atomic E-state index is 13.4. The first-order valence-electron chi connectivity index (χ1n) is 5.14. The molecular weight excluding hydrogens is 219 g/mol. The second-order valence-electron chi connectivity index (χ2n) is 4.14. The Labute approximate surface area is 90.9 Å². The van der Waals surface area contributed by atoms with E-state index in [1.807, 2.05) is 0 Å². The van der Waals surface area contributed by atoms with Gasteiger partial charge in [-0.15, -0.1) is 0 Å². The van der Waals surface area contributed by atoms with Gasteiger partial charge in [-0.05, 0) is 18.8 Å². The monoisotopic (exact) mass is 231 g/mol. The average molecular weight is 231 g/mol. The molecule has 0 aromatic heterocycles. The van der Waals surface area contributed by atoms with Crippen molar-refractivity contribution in [1.82, 2.24) is 0 Å². The fraction of sp³-hybridized carbons (Fsp3) is 0.455. The van der Waals surface area contributed by atoms with Crippen LogP contribution in [0.4, 0.5) is 13.2 Å². The maximum absolute atomic E-state index is 13.4. The number of benzene rings is 1. The van der Waals surface area contributed by atoms with E-state index in [4.69, 9.17) is 5.73 Å². The van der Waals surface area contributed by atoms with E-state index >= 15 is 0 Å². The molecule has 0 aliphatic heterocycles. The summed E-state index contributed by atoms with van der Waals surface area (Å²) in [6.07, 6.45) is 2.63. The molecule has 1 aliphatic carbocycles. The van der Waals surface area contributed by atoms with Crippen molar-refractivity contribution in [3.05, 3.63) is 29.1 Å². The molecule has 0 bridgehead atoms. The van der Waals surface area contributed by atoms with Crippen LogP contribution in [-0.4, -0.2) is 5.11 Å². The number of halogens is 3. The van der Waals surface area contributed by atoms with E-state index in [1.54, 1.807) is 0 Å². The largest absolute Gasteiger partial charge is 0.507 e. The fourth-order valence-corrected chi connectivity index (χ4v) is 1.95. The predicted octanol–water partition coefficient (Wildman–Crippen LogP) is 2.61. The number of aromatic hydroxyl groups is 1. The van der Waals surface area contributed by atoms with Crippen LogP contribution >= 0.6 is 0 Å². The Bertz CT molecular complexity index is 418. The third-order valence-electron chi connectivity index (χ3n) is 3.17. The molecule has 0 spiro atoms. The van der Waals surface area contributed by atoms with Crippen molar-refractivity contribution in [2.45, 2.75) is 25.3 Å². The van der Waals surface area contributed by atoms with E-state index in [2.05, 4.69) is 0 Å². The van der Waals surface area contributed by atoms with E-state index < -0.39 is 29.2 Å². The second-order valence-corrected chi connectivity index (χ2v) is 4.14. The predicted molar refractivity (Wildman–Crippen MR) is 52.3 cm³/mol. The van der Waals surface area contributed by atoms with Gasteiger partial charge in [-0.2, -0.15) is 0 Å². The standard InChI is InChI=1S/C11H12F3NO/c12-6-4-7(16)8(10(14)9(6)13)11(15)5-2-1-3-5/h4-5,11,16H,1-3,15H2/t11-/m0/s1. The van der Waals surface area contributed by atoms with Crippen LogP contribution in [0.3, 0.4) is 0 Å². The minimum atomic E-state index is -1.58. The normalized spacial score (nSPS) is 18.2. The van der Waals surface area contributed by atoms with Crippen LogP contribution in [0.1, 0.15) is 30.9 Å². The number of rotatable bonds is 2. The quantitative estimate of drug-likeness (QED) is 0.768. The Balaban J connectivity index is 2.42. The summed E-state index contributed by atoms with van der Waals surface area (Å²) < 4.78 is 39.2. The zero-order valence-corrected chi connectivity index (χ0v) is 8.51. The molecule has 0 radical (unpaired) electrons. The number of hydrogen-bond acceptors (Lipinski definition) is 2. The second kappa shape index (κ2) is 3.97. The van der Waals surface area contributed by atoms with Crippen LogP contribution in [-0.2, 0) is 0 Å². The van der Waals surface area contributed by atoms with Crippen LogP contribution in [0, 0.1) is 23.4 Å². The van der Waals surface area contributed by atoms with Gasteiger partial charge in [0, 0.05) is 17.7 Å². The molecule has 1 saturated carbocycles. The van der Waals surface area contributed by atoms with Crippen LogP contribution in [0.25, 0.3) is 0 Å². The molecule has 3 N–H and O–H groups in total. The van der Waals surface area contributed by atoms with Crippen LogP contribution in [0.2, 0.25) is 0 Å². The van der Waals surface area contributed by atoms with Crippen molar-refractivity contribution >= 4 is 0 Å². The summed E-state index contributed by atoms with van der Waals surface area (Å²) in [7, 11) is 0. The lowest BCUT2D eigenvalue weighted by molar-refractivity contribution is 0.253. The molecule has 0 heterocycles. The van der Waals surface area contributed by atoms with Gasteiger partial charge in [-0.25, -0.2) is 13.2 Å². The van der Waals surface area contributed by atoms with Crippen LogP contribution in [0.5, 0.6) is 5.75 Å². The van der Waals surface area contributed by atoms with Crippen molar-refractivity contribution in [3.8, 4) is 5.75 Å². The van der Waals surface area contributed by atoms with E-state index in [1.165, 1.54) is 0 Å². The Morgan fingerprint density at radius 2 is 1.88 bits per heavy atom. The van der Waals surface area contributed by atoms with Gasteiger partial charge in [0.15, 0.2) is 17.5 Å². The maximum Gasteiger partial charge on any atom is 0.195 e. The van der Waals surface area contributed by atoms with E-state index in [9.17, 15) is 18.3 Å². The number of phenols is 1. The number of phenolic OH excluding ortho intramolecular Hbond substituents is 1. The van der Waals surface area contributed by atoms with Gasteiger partial charge < -0.3 is 10.8 Å². The van der Waals surface area contributed by atoms with Crippen molar-refractivity contribution in [3.63, 3.8) is 0 Å². The molecule has 2 nitrogen and oxygen atoms in total. The summed E-state index contributed by atoms with van der Waals surface area (Å²) in [4.78, 5) is 0. The SMILES string of the molecule is N[C@H](c1c(O)cc(F)c(F)c1F)C1CCC1. The van der Waals surface area contributed by atoms with E-state index in [-0.39, 0.29) is 11.5 Å². The lowest BCUT2D eigenvalue weighted by Gasteiger charge is -2.31. The lowest BCUT2D eigenvalue weighted by Crippen LogP contribution is -2.28. The first-order chi connectivity index (χ1) is 7.52. The fourth-order valence-electron chi connectivity index (χ4n) is 1.95. The first kappa shape index (κ1) is 11.3. The Morgan fingerprint density at radius 1 is 1.25 bits per heavy atom. The highest BCUT2D eigenvalue weighted by atomic mass is 19.2. The molecule has 16 heavy (non-hydrogen) atoms. The van der Waals surface area contributed by atoms with Gasteiger partial charge in [0.05, 0.1) is 0 Å². The molecule has 0 unspecified atom stereocenters. The van der Waals surface area contributed by atoms with Gasteiger partial charge >= 0.3 is 0 Å². The molecule has 1 aromatic carbocycles. The summed E-state index contributed by atoms with van der Waals surface area (Å²) in [5.74, 6) is -4.94. The summed E-state index contributed by atoms with van der Waals surface area (Å²) >= 11 is 0. The van der Waals surface area contributed by atoms with Gasteiger partial charge in [-0.1, -0.05) is 6.42 Å². The highest BCUT2D eigenvalue weighted by Crippen LogP contribution is 2.40. The summed E-state index contributed by atoms with van der Waals surface area (Å²) in [5, 5.41) is 9.41. The Hall–Kier alpha value is -1.23. The summed E-state index contributed by atoms with van der Waals surface area (Å²) in [5.41, 5.74) is 5.42. The van der Waals surface area contributed by atoms with Gasteiger partial charge in [-0.3, -0.25) is 0 Å². The molecule has 0 saturated heterocycles. The zero-order valence-electron chi connectivity index (χ0n) is 8.51. The summed E-state index contributed by atoms with van der Waals surface area (Å²) in [6.45, 7) is 0. The van der Waals surface area contributed by atoms with Crippen molar-refractivity contribution < 1.29 is 18.3 Å². The Morgan fingerprint density at radius 3 is 2.38 bits per heavy atom.